The van der Waals surface area contributed by atoms with E-state index < -0.39 is 0 Å². The third-order valence-electron chi connectivity index (χ3n) is 3.92. The molecule has 0 aromatic rings. The summed E-state index contributed by atoms with van der Waals surface area (Å²) in [5.74, 6) is 6.59. The van der Waals surface area contributed by atoms with Crippen LogP contribution in [0.15, 0.2) is 0 Å². The van der Waals surface area contributed by atoms with Gasteiger partial charge in [0, 0.05) is 26.1 Å². The van der Waals surface area contributed by atoms with Crippen LogP contribution in [0.1, 0.15) is 90.4 Å². The lowest BCUT2D eigenvalue weighted by Gasteiger charge is -2.22. The highest BCUT2D eigenvalue weighted by Gasteiger charge is 2.12. The average molecular weight is 294 g/mol. The Balaban J connectivity index is 1.78. The van der Waals surface area contributed by atoms with Crippen LogP contribution >= 0.6 is 0 Å². The van der Waals surface area contributed by atoms with Gasteiger partial charge >= 0.3 is 0 Å². The highest BCUT2D eigenvalue weighted by molar-refractivity contribution is 4.98. The van der Waals surface area contributed by atoms with Gasteiger partial charge in [0.15, 0.2) is 6.29 Å². The van der Waals surface area contributed by atoms with Crippen LogP contribution in [0.2, 0.25) is 0 Å². The van der Waals surface area contributed by atoms with E-state index in [-0.39, 0.29) is 6.29 Å². The van der Waals surface area contributed by atoms with Crippen LogP contribution in [-0.4, -0.2) is 19.5 Å². The van der Waals surface area contributed by atoms with Gasteiger partial charge in [-0.3, -0.25) is 0 Å². The topological polar surface area (TPSA) is 18.5 Å². The van der Waals surface area contributed by atoms with E-state index in [9.17, 15) is 0 Å². The summed E-state index contributed by atoms with van der Waals surface area (Å²) in [6.45, 7) is 3.96. The van der Waals surface area contributed by atoms with E-state index in [4.69, 9.17) is 9.47 Å². The number of ether oxygens (including phenoxy) is 2. The maximum absolute atomic E-state index is 5.70. The number of hydrogen-bond acceptors (Lipinski definition) is 2. The van der Waals surface area contributed by atoms with Crippen molar-refractivity contribution in [3.05, 3.63) is 0 Å². The van der Waals surface area contributed by atoms with E-state index in [1.807, 2.05) is 0 Å². The molecule has 0 aromatic heterocycles. The summed E-state index contributed by atoms with van der Waals surface area (Å²) in [7, 11) is 0. The fourth-order valence-electron chi connectivity index (χ4n) is 2.54. The van der Waals surface area contributed by atoms with Crippen molar-refractivity contribution < 1.29 is 9.47 Å². The van der Waals surface area contributed by atoms with Crippen molar-refractivity contribution in [2.45, 2.75) is 96.7 Å². The van der Waals surface area contributed by atoms with E-state index in [2.05, 4.69) is 18.8 Å². The highest BCUT2D eigenvalue weighted by Crippen LogP contribution is 2.14. The second-order valence-electron chi connectivity index (χ2n) is 6.00. The molecule has 122 valence electrons. The summed E-state index contributed by atoms with van der Waals surface area (Å²) in [4.78, 5) is 0. The van der Waals surface area contributed by atoms with Gasteiger partial charge in [0.05, 0.1) is 0 Å². The molecular weight excluding hydrogens is 260 g/mol. The number of rotatable bonds is 11. The summed E-state index contributed by atoms with van der Waals surface area (Å²) in [5, 5.41) is 0. The Labute approximate surface area is 132 Å². The molecule has 0 aromatic carbocycles. The van der Waals surface area contributed by atoms with E-state index in [1.54, 1.807) is 0 Å². The van der Waals surface area contributed by atoms with Gasteiger partial charge in [-0.15, -0.1) is 11.8 Å². The minimum atomic E-state index is 0.0672. The van der Waals surface area contributed by atoms with E-state index >= 15 is 0 Å². The van der Waals surface area contributed by atoms with Gasteiger partial charge in [0.1, 0.15) is 0 Å². The molecule has 1 atom stereocenters. The molecule has 0 saturated carbocycles. The molecule has 2 heteroatoms. The molecule has 21 heavy (non-hydrogen) atoms. The number of hydrogen-bond donors (Lipinski definition) is 0. The van der Waals surface area contributed by atoms with Gasteiger partial charge in [-0.25, -0.2) is 0 Å². The standard InChI is InChI=1S/C19H34O2/c1-2-3-4-5-6-7-8-9-10-11-12-14-17-20-19-16-13-15-18-21-19/h19H,2-8,11-18H2,1H3. The van der Waals surface area contributed by atoms with Crippen molar-refractivity contribution in [3.63, 3.8) is 0 Å². The molecule has 1 fully saturated rings. The third-order valence-corrected chi connectivity index (χ3v) is 3.92. The maximum Gasteiger partial charge on any atom is 0.157 e. The van der Waals surface area contributed by atoms with Gasteiger partial charge in [-0.2, -0.15) is 0 Å². The lowest BCUT2D eigenvalue weighted by Crippen LogP contribution is -2.22. The largest absolute Gasteiger partial charge is 0.353 e. The fraction of sp³-hybridized carbons (Fsp3) is 0.895. The van der Waals surface area contributed by atoms with Crippen LogP contribution in [0.5, 0.6) is 0 Å². The Bertz CT molecular complexity index is 271. The molecule has 1 saturated heterocycles. The van der Waals surface area contributed by atoms with Gasteiger partial charge in [-0.05, 0) is 38.5 Å². The minimum absolute atomic E-state index is 0.0672. The van der Waals surface area contributed by atoms with Crippen LogP contribution in [0.25, 0.3) is 0 Å². The highest BCUT2D eigenvalue weighted by atomic mass is 16.7. The van der Waals surface area contributed by atoms with Gasteiger partial charge in [-0.1, -0.05) is 39.0 Å². The zero-order valence-electron chi connectivity index (χ0n) is 14.0. The Hall–Kier alpha value is -0.520. The Morgan fingerprint density at radius 2 is 1.62 bits per heavy atom. The molecule has 1 unspecified atom stereocenters. The Morgan fingerprint density at radius 3 is 2.33 bits per heavy atom. The zero-order chi connectivity index (χ0) is 15.0. The molecule has 1 aliphatic rings. The van der Waals surface area contributed by atoms with Crippen LogP contribution in [0.4, 0.5) is 0 Å². The van der Waals surface area contributed by atoms with Gasteiger partial charge in [0.2, 0.25) is 0 Å². The van der Waals surface area contributed by atoms with E-state index in [0.717, 1.165) is 45.3 Å². The quantitative estimate of drug-likeness (QED) is 0.372. The molecule has 0 radical (unpaired) electrons. The van der Waals surface area contributed by atoms with Crippen LogP contribution in [-0.2, 0) is 9.47 Å². The molecule has 0 bridgehead atoms. The van der Waals surface area contributed by atoms with E-state index in [1.165, 1.54) is 51.4 Å². The first-order valence-corrected chi connectivity index (χ1v) is 9.12. The lowest BCUT2D eigenvalue weighted by atomic mass is 10.1. The molecule has 1 aliphatic heterocycles. The predicted octanol–water partition coefficient (Wildman–Crippen LogP) is 5.45. The van der Waals surface area contributed by atoms with Crippen LogP contribution in [0, 0.1) is 11.8 Å². The average Bonchev–Trinajstić information content (AvgIpc) is 2.53. The molecule has 2 nitrogen and oxygen atoms in total. The SMILES string of the molecule is CCCCCCCCC#CCCCCOC1CCCCO1. The first-order valence-electron chi connectivity index (χ1n) is 9.12. The van der Waals surface area contributed by atoms with Gasteiger partial charge in [0.25, 0.3) is 0 Å². The molecule has 1 heterocycles. The van der Waals surface area contributed by atoms with E-state index in [0.29, 0.717) is 0 Å². The van der Waals surface area contributed by atoms with Crippen LogP contribution < -0.4 is 0 Å². The van der Waals surface area contributed by atoms with Crippen molar-refractivity contribution in [2.75, 3.05) is 13.2 Å². The molecule has 0 N–H and O–H groups in total. The monoisotopic (exact) mass is 294 g/mol. The molecule has 0 spiro atoms. The first-order chi connectivity index (χ1) is 10.4. The minimum Gasteiger partial charge on any atom is -0.353 e. The molecule has 0 aliphatic carbocycles. The number of unbranched alkanes of at least 4 members (excludes halogenated alkanes) is 8. The summed E-state index contributed by atoms with van der Waals surface area (Å²) in [6, 6.07) is 0. The molecule has 0 amide bonds. The van der Waals surface area contributed by atoms with Crippen molar-refractivity contribution in [1.82, 2.24) is 0 Å². The second-order valence-corrected chi connectivity index (χ2v) is 6.00. The Morgan fingerprint density at radius 1 is 0.905 bits per heavy atom. The normalized spacial score (nSPS) is 18.2. The van der Waals surface area contributed by atoms with Crippen molar-refractivity contribution in [3.8, 4) is 11.8 Å². The fourth-order valence-corrected chi connectivity index (χ4v) is 2.54. The van der Waals surface area contributed by atoms with Crippen LogP contribution in [0.3, 0.4) is 0 Å². The maximum atomic E-state index is 5.70. The predicted molar refractivity (Wildman–Crippen MR) is 89.2 cm³/mol. The molecular formula is C19H34O2. The van der Waals surface area contributed by atoms with Crippen molar-refractivity contribution in [2.24, 2.45) is 0 Å². The summed E-state index contributed by atoms with van der Waals surface area (Å²) in [6.07, 6.45) is 16.0. The third kappa shape index (κ3) is 11.8. The van der Waals surface area contributed by atoms with Crippen molar-refractivity contribution in [1.29, 1.82) is 0 Å². The summed E-state index contributed by atoms with van der Waals surface area (Å²) in [5.41, 5.74) is 0. The zero-order valence-corrected chi connectivity index (χ0v) is 14.0. The summed E-state index contributed by atoms with van der Waals surface area (Å²) < 4.78 is 11.2. The second kappa shape index (κ2) is 14.4. The summed E-state index contributed by atoms with van der Waals surface area (Å²) >= 11 is 0. The van der Waals surface area contributed by atoms with Crippen molar-refractivity contribution >= 4 is 0 Å². The smallest absolute Gasteiger partial charge is 0.157 e. The van der Waals surface area contributed by atoms with Gasteiger partial charge < -0.3 is 9.47 Å². The first kappa shape index (κ1) is 18.5. The lowest BCUT2D eigenvalue weighted by molar-refractivity contribution is -0.162. The molecule has 1 rings (SSSR count). The Kier molecular flexibility index (Phi) is 12.7.